The second-order valence-electron chi connectivity index (χ2n) is 11.1. The first-order chi connectivity index (χ1) is 21.8. The van der Waals surface area contributed by atoms with Crippen LogP contribution in [-0.2, 0) is 0 Å². The summed E-state index contributed by atoms with van der Waals surface area (Å²) in [7, 11) is 0. The monoisotopic (exact) mass is 582 g/mol. The number of aromatic nitrogens is 1. The fourth-order valence-corrected chi connectivity index (χ4v) is 7.65. The predicted octanol–water partition coefficient (Wildman–Crippen LogP) is 9.65. The molecule has 1 unspecified atom stereocenters. The Morgan fingerprint density at radius 1 is 0.568 bits per heavy atom. The number of nitrogens with one attached hydrogen (secondary N) is 1. The molecule has 1 N–H and O–H groups in total. The van der Waals surface area contributed by atoms with E-state index in [1.54, 1.807) is 0 Å². The summed E-state index contributed by atoms with van der Waals surface area (Å²) in [5, 5.41) is 8.70. The normalized spacial score (nSPS) is 15.0. The third-order valence-electron chi connectivity index (χ3n) is 8.47. The third-order valence-corrected chi connectivity index (χ3v) is 9.70. The van der Waals surface area contributed by atoms with Gasteiger partial charge in [0, 0.05) is 53.3 Å². The van der Waals surface area contributed by atoms with E-state index in [0.717, 1.165) is 28.4 Å². The van der Waals surface area contributed by atoms with Gasteiger partial charge in [0.25, 0.3) is 0 Å². The van der Waals surface area contributed by atoms with Crippen LogP contribution in [0, 0.1) is 0 Å². The lowest BCUT2D eigenvalue weighted by Gasteiger charge is -2.24. The van der Waals surface area contributed by atoms with Crippen LogP contribution in [-0.4, -0.2) is 16.2 Å². The van der Waals surface area contributed by atoms with Crippen LogP contribution < -0.4 is 5.32 Å². The molecule has 9 rings (SSSR count). The number of benzene rings is 6. The molecular weight excluding hydrogens is 557 g/mol. The minimum Gasteiger partial charge on any atom is -0.344 e. The Kier molecular flexibility index (Phi) is 5.71. The topological polar surface area (TPSA) is 41.7 Å². The molecule has 0 bridgehead atoms. The molecule has 0 saturated carbocycles. The molecule has 1 atom stereocenters. The maximum absolute atomic E-state index is 5.17. The molecule has 0 spiro atoms. The zero-order valence-electron chi connectivity index (χ0n) is 23.7. The van der Waals surface area contributed by atoms with Crippen LogP contribution >= 0.6 is 11.3 Å². The standard InChI is InChI=1S/C39H26N4S/c1-3-12-25(13-4-1)37-40-38(26-14-5-2-6-15-26)42-39(41-37)31-19-11-18-30-32-24-27(22-23-35(32)44-36(30)31)43-33-20-9-7-16-28(33)29-17-8-10-21-34(29)43/h1-24,39H,(H,40,41,42). The van der Waals surface area contributed by atoms with Gasteiger partial charge in [-0.1, -0.05) is 115 Å². The summed E-state index contributed by atoms with van der Waals surface area (Å²) in [4.78, 5) is 10.1. The average Bonchev–Trinajstić information content (AvgIpc) is 3.64. The Morgan fingerprint density at radius 2 is 1.20 bits per heavy atom. The highest BCUT2D eigenvalue weighted by molar-refractivity contribution is 7.26. The fraction of sp³-hybridized carbons (Fsp3) is 0.0256. The van der Waals surface area contributed by atoms with E-state index in [0.29, 0.717) is 0 Å². The zero-order valence-corrected chi connectivity index (χ0v) is 24.5. The summed E-state index contributed by atoms with van der Waals surface area (Å²) in [6.07, 6.45) is -0.272. The molecule has 2 aromatic heterocycles. The summed E-state index contributed by atoms with van der Waals surface area (Å²) in [6, 6.07) is 51.4. The van der Waals surface area contributed by atoms with E-state index in [2.05, 4.69) is 119 Å². The van der Waals surface area contributed by atoms with Crippen LogP contribution in [0.25, 0.3) is 47.7 Å². The van der Waals surface area contributed by atoms with Crippen LogP contribution in [0.15, 0.2) is 156 Å². The van der Waals surface area contributed by atoms with E-state index >= 15 is 0 Å². The Labute approximate surface area is 258 Å². The Balaban J connectivity index is 1.21. The summed E-state index contributed by atoms with van der Waals surface area (Å²) in [5.41, 5.74) is 6.80. The van der Waals surface area contributed by atoms with Crippen molar-refractivity contribution in [1.82, 2.24) is 9.88 Å². The number of fused-ring (bicyclic) bond motifs is 6. The molecule has 4 nitrogen and oxygen atoms in total. The number of rotatable bonds is 4. The van der Waals surface area contributed by atoms with E-state index in [9.17, 15) is 0 Å². The molecule has 8 aromatic rings. The molecule has 0 radical (unpaired) electrons. The lowest BCUT2D eigenvalue weighted by Crippen LogP contribution is -2.33. The van der Waals surface area contributed by atoms with E-state index in [1.807, 2.05) is 47.7 Å². The number of thiophene rings is 1. The van der Waals surface area contributed by atoms with E-state index in [4.69, 9.17) is 9.98 Å². The summed E-state index contributed by atoms with van der Waals surface area (Å²) >= 11 is 1.83. The quantitative estimate of drug-likeness (QED) is 0.221. The van der Waals surface area contributed by atoms with Crippen LogP contribution in [0.4, 0.5) is 0 Å². The maximum atomic E-state index is 5.17. The predicted molar refractivity (Wildman–Crippen MR) is 186 cm³/mol. The Hall–Kier alpha value is -5.52. The van der Waals surface area contributed by atoms with Gasteiger partial charge in [0.15, 0.2) is 5.84 Å². The number of hydrogen-bond donors (Lipinski definition) is 1. The smallest absolute Gasteiger partial charge is 0.159 e. The first-order valence-electron chi connectivity index (χ1n) is 14.8. The van der Waals surface area contributed by atoms with Gasteiger partial charge in [-0.2, -0.15) is 0 Å². The highest BCUT2D eigenvalue weighted by Crippen LogP contribution is 2.41. The molecule has 208 valence electrons. The van der Waals surface area contributed by atoms with Gasteiger partial charge < -0.3 is 9.88 Å². The van der Waals surface area contributed by atoms with Crippen LogP contribution in [0.2, 0.25) is 0 Å². The van der Waals surface area contributed by atoms with Crippen molar-refractivity contribution < 1.29 is 0 Å². The van der Waals surface area contributed by atoms with Crippen molar-refractivity contribution in [3.8, 4) is 5.69 Å². The molecule has 0 amide bonds. The lowest BCUT2D eigenvalue weighted by molar-refractivity contribution is 0.680. The highest BCUT2D eigenvalue weighted by atomic mass is 32.1. The van der Waals surface area contributed by atoms with Crippen molar-refractivity contribution >= 4 is 65.0 Å². The lowest BCUT2D eigenvalue weighted by atomic mass is 10.1. The van der Waals surface area contributed by atoms with Crippen molar-refractivity contribution in [2.45, 2.75) is 6.17 Å². The van der Waals surface area contributed by atoms with Crippen LogP contribution in [0.1, 0.15) is 22.9 Å². The van der Waals surface area contributed by atoms with Crippen LogP contribution in [0.3, 0.4) is 0 Å². The van der Waals surface area contributed by atoms with Crippen molar-refractivity contribution in [2.75, 3.05) is 0 Å². The van der Waals surface area contributed by atoms with Gasteiger partial charge in [0.2, 0.25) is 0 Å². The molecule has 0 aliphatic carbocycles. The molecular formula is C39H26N4S. The van der Waals surface area contributed by atoms with Crippen LogP contribution in [0.5, 0.6) is 0 Å². The molecule has 1 aliphatic heterocycles. The minimum absolute atomic E-state index is 0.272. The van der Waals surface area contributed by atoms with Gasteiger partial charge in [0.05, 0.1) is 11.0 Å². The van der Waals surface area contributed by atoms with Gasteiger partial charge >= 0.3 is 0 Å². The first-order valence-corrected chi connectivity index (χ1v) is 15.6. The summed E-state index contributed by atoms with van der Waals surface area (Å²) in [5.74, 6) is 1.57. The highest BCUT2D eigenvalue weighted by Gasteiger charge is 2.24. The molecule has 5 heteroatoms. The Morgan fingerprint density at radius 3 is 1.93 bits per heavy atom. The molecule has 6 aromatic carbocycles. The van der Waals surface area contributed by atoms with Crippen molar-refractivity contribution in [3.05, 3.63) is 162 Å². The van der Waals surface area contributed by atoms with Gasteiger partial charge in [-0.3, -0.25) is 0 Å². The maximum Gasteiger partial charge on any atom is 0.159 e. The van der Waals surface area contributed by atoms with Gasteiger partial charge in [-0.15, -0.1) is 11.3 Å². The second kappa shape index (κ2) is 10.0. The fourth-order valence-electron chi connectivity index (χ4n) is 6.43. The van der Waals surface area contributed by atoms with Crippen molar-refractivity contribution in [1.29, 1.82) is 0 Å². The summed E-state index contributed by atoms with van der Waals surface area (Å²) in [6.45, 7) is 0. The van der Waals surface area contributed by atoms with E-state index in [-0.39, 0.29) is 6.17 Å². The average molecular weight is 583 g/mol. The second-order valence-corrected chi connectivity index (χ2v) is 12.1. The van der Waals surface area contributed by atoms with Gasteiger partial charge in [0.1, 0.15) is 12.0 Å². The molecule has 3 heterocycles. The zero-order chi connectivity index (χ0) is 29.0. The number of nitrogens with zero attached hydrogens (tertiary/aromatic N) is 3. The van der Waals surface area contributed by atoms with Crippen molar-refractivity contribution in [3.63, 3.8) is 0 Å². The molecule has 0 saturated heterocycles. The van der Waals surface area contributed by atoms with E-state index in [1.165, 1.54) is 47.7 Å². The summed E-state index contributed by atoms with van der Waals surface area (Å²) < 4.78 is 4.89. The number of aliphatic imine (C=N–C) groups is 2. The number of hydrogen-bond acceptors (Lipinski definition) is 4. The molecule has 1 aliphatic rings. The minimum atomic E-state index is -0.272. The molecule has 44 heavy (non-hydrogen) atoms. The van der Waals surface area contributed by atoms with Gasteiger partial charge in [-0.25, -0.2) is 9.98 Å². The SMILES string of the molecule is c1ccc(C2=NC(c3cccc4c3sc3ccc(-n5c6ccccc6c6ccccc65)cc34)NC(c3ccccc3)=N2)cc1. The first kappa shape index (κ1) is 25.0. The molecule has 0 fully saturated rings. The number of para-hydroxylation sites is 2. The van der Waals surface area contributed by atoms with Crippen molar-refractivity contribution in [2.24, 2.45) is 9.98 Å². The van der Waals surface area contributed by atoms with E-state index < -0.39 is 0 Å². The largest absolute Gasteiger partial charge is 0.344 e. The third kappa shape index (κ3) is 3.98. The van der Waals surface area contributed by atoms with Gasteiger partial charge in [-0.05, 0) is 30.3 Å². The Bertz CT molecular complexity index is 2360. The number of amidine groups is 2.